The number of hydrogen-bond donors (Lipinski definition) is 1. The second kappa shape index (κ2) is 10.1. The Bertz CT molecular complexity index is 1320. The SMILES string of the molecule is CCc1ccnc(C(=O)NC2CC23CCN(C(=O)c2ccc(Oc4ccc(C(F)(F)F)cc4)cc2)CC3)c1. The van der Waals surface area contributed by atoms with Crippen LogP contribution in [0.25, 0.3) is 0 Å². The second-order valence-electron chi connectivity index (χ2n) is 9.94. The average molecular weight is 524 g/mol. The van der Waals surface area contributed by atoms with Gasteiger partial charge in [0.2, 0.25) is 0 Å². The number of nitrogens with one attached hydrogen (secondary N) is 1. The number of alkyl halides is 3. The molecule has 0 radical (unpaired) electrons. The molecule has 2 aromatic carbocycles. The highest BCUT2D eigenvalue weighted by molar-refractivity contribution is 5.94. The van der Waals surface area contributed by atoms with Gasteiger partial charge in [-0.05, 0) is 97.3 Å². The number of likely N-dealkylation sites (tertiary alicyclic amines) is 1. The highest BCUT2D eigenvalue weighted by atomic mass is 19.4. The van der Waals surface area contributed by atoms with E-state index in [2.05, 4.69) is 10.3 Å². The van der Waals surface area contributed by atoms with Crippen LogP contribution < -0.4 is 10.1 Å². The molecule has 2 heterocycles. The van der Waals surface area contributed by atoms with E-state index in [1.54, 1.807) is 30.5 Å². The number of ether oxygens (including phenoxy) is 1. The number of nitrogens with zero attached hydrogens (tertiary/aromatic N) is 2. The maximum atomic E-state index is 13.0. The van der Waals surface area contributed by atoms with Gasteiger partial charge in [-0.15, -0.1) is 0 Å². The molecule has 0 bridgehead atoms. The molecule has 1 saturated carbocycles. The molecule has 9 heteroatoms. The fraction of sp³-hybridized carbons (Fsp3) is 0.345. The molecule has 1 spiro atoms. The van der Waals surface area contributed by atoms with Crippen molar-refractivity contribution in [2.75, 3.05) is 13.1 Å². The fourth-order valence-electron chi connectivity index (χ4n) is 5.01. The van der Waals surface area contributed by atoms with E-state index in [-0.39, 0.29) is 29.0 Å². The maximum absolute atomic E-state index is 13.0. The van der Waals surface area contributed by atoms with Gasteiger partial charge in [0, 0.05) is 30.9 Å². The van der Waals surface area contributed by atoms with Crippen molar-refractivity contribution in [2.45, 2.75) is 44.8 Å². The molecule has 1 atom stereocenters. The van der Waals surface area contributed by atoms with Crippen molar-refractivity contribution in [2.24, 2.45) is 5.41 Å². The predicted octanol–water partition coefficient (Wildman–Crippen LogP) is 5.88. The number of halogens is 3. The Labute approximate surface area is 218 Å². The van der Waals surface area contributed by atoms with E-state index in [0.717, 1.165) is 43.4 Å². The molecule has 198 valence electrons. The number of aromatic nitrogens is 1. The van der Waals surface area contributed by atoms with Gasteiger partial charge in [0.15, 0.2) is 0 Å². The molecule has 2 fully saturated rings. The molecule has 5 rings (SSSR count). The summed E-state index contributed by atoms with van der Waals surface area (Å²) in [6, 6.07) is 14.9. The molecular weight excluding hydrogens is 495 g/mol. The summed E-state index contributed by atoms with van der Waals surface area (Å²) < 4.78 is 43.8. The van der Waals surface area contributed by atoms with Crippen LogP contribution in [0.4, 0.5) is 13.2 Å². The third-order valence-corrected chi connectivity index (χ3v) is 7.53. The number of amides is 2. The largest absolute Gasteiger partial charge is 0.457 e. The molecule has 2 amide bonds. The Morgan fingerprint density at radius 2 is 1.66 bits per heavy atom. The van der Waals surface area contributed by atoms with Crippen LogP contribution in [0.3, 0.4) is 0 Å². The molecule has 1 saturated heterocycles. The van der Waals surface area contributed by atoms with E-state index < -0.39 is 11.7 Å². The van der Waals surface area contributed by atoms with Crippen molar-refractivity contribution in [1.82, 2.24) is 15.2 Å². The number of hydrogen-bond acceptors (Lipinski definition) is 4. The first kappa shape index (κ1) is 25.8. The van der Waals surface area contributed by atoms with Gasteiger partial charge < -0.3 is 15.0 Å². The van der Waals surface area contributed by atoms with E-state index in [1.165, 1.54) is 12.1 Å². The lowest BCUT2D eigenvalue weighted by molar-refractivity contribution is -0.137. The van der Waals surface area contributed by atoms with Crippen LogP contribution in [0.15, 0.2) is 66.9 Å². The summed E-state index contributed by atoms with van der Waals surface area (Å²) in [4.78, 5) is 31.7. The predicted molar refractivity (Wildman–Crippen MR) is 135 cm³/mol. The number of pyridine rings is 1. The van der Waals surface area contributed by atoms with Gasteiger partial charge in [0.25, 0.3) is 11.8 Å². The molecule has 1 unspecified atom stereocenters. The van der Waals surface area contributed by atoms with Crippen LogP contribution >= 0.6 is 0 Å². The van der Waals surface area contributed by atoms with Crippen LogP contribution in [0, 0.1) is 5.41 Å². The Morgan fingerprint density at radius 1 is 1.03 bits per heavy atom. The fourth-order valence-corrected chi connectivity index (χ4v) is 5.01. The van der Waals surface area contributed by atoms with Crippen molar-refractivity contribution in [3.05, 3.63) is 89.2 Å². The zero-order valence-corrected chi connectivity index (χ0v) is 20.9. The molecule has 3 aromatic rings. The van der Waals surface area contributed by atoms with Gasteiger partial charge in [-0.3, -0.25) is 14.6 Å². The van der Waals surface area contributed by atoms with Crippen LogP contribution in [0.5, 0.6) is 11.5 Å². The van der Waals surface area contributed by atoms with E-state index in [1.807, 2.05) is 24.0 Å². The van der Waals surface area contributed by atoms with E-state index in [0.29, 0.717) is 30.1 Å². The third-order valence-electron chi connectivity index (χ3n) is 7.53. The van der Waals surface area contributed by atoms with Crippen molar-refractivity contribution < 1.29 is 27.5 Å². The number of carbonyl (C=O) groups excluding carboxylic acids is 2. The number of aryl methyl sites for hydroxylation is 1. The lowest BCUT2D eigenvalue weighted by Gasteiger charge is -2.33. The standard InChI is InChI=1S/C29H28F3N3O3/c1-2-19-11-14-33-24(17-19)26(36)34-25-18-28(25)12-15-35(16-13-28)27(37)20-3-7-22(8-4-20)38-23-9-5-21(6-10-23)29(30,31)32/h3-11,14,17,25H,2,12-13,15-16,18H2,1H3,(H,34,36). The van der Waals surface area contributed by atoms with Crippen molar-refractivity contribution in [1.29, 1.82) is 0 Å². The first-order valence-electron chi connectivity index (χ1n) is 12.7. The summed E-state index contributed by atoms with van der Waals surface area (Å²) in [5.74, 6) is 0.467. The molecular formula is C29H28F3N3O3. The van der Waals surface area contributed by atoms with Crippen molar-refractivity contribution >= 4 is 11.8 Å². The minimum absolute atomic E-state index is 0.0359. The molecule has 1 aromatic heterocycles. The van der Waals surface area contributed by atoms with Crippen molar-refractivity contribution in [3.63, 3.8) is 0 Å². The highest BCUT2D eigenvalue weighted by Gasteiger charge is 2.56. The lowest BCUT2D eigenvalue weighted by atomic mass is 9.92. The summed E-state index contributed by atoms with van der Waals surface area (Å²) in [5.41, 5.74) is 1.32. The van der Waals surface area contributed by atoms with Gasteiger partial charge in [-0.2, -0.15) is 13.2 Å². The summed E-state index contributed by atoms with van der Waals surface area (Å²) >= 11 is 0. The maximum Gasteiger partial charge on any atom is 0.416 e. The average Bonchev–Trinajstić information content (AvgIpc) is 3.59. The first-order chi connectivity index (χ1) is 18.2. The van der Waals surface area contributed by atoms with Crippen molar-refractivity contribution in [3.8, 4) is 11.5 Å². The zero-order valence-electron chi connectivity index (χ0n) is 20.9. The number of rotatable bonds is 6. The zero-order chi connectivity index (χ0) is 26.9. The minimum Gasteiger partial charge on any atom is -0.457 e. The molecule has 6 nitrogen and oxygen atoms in total. The Kier molecular flexibility index (Phi) is 6.86. The first-order valence-corrected chi connectivity index (χ1v) is 12.7. The smallest absolute Gasteiger partial charge is 0.416 e. The number of carbonyl (C=O) groups is 2. The summed E-state index contributed by atoms with van der Waals surface area (Å²) in [6.07, 6.45) is 0.650. The lowest BCUT2D eigenvalue weighted by Crippen LogP contribution is -2.41. The van der Waals surface area contributed by atoms with Gasteiger partial charge in [-0.1, -0.05) is 6.92 Å². The molecule has 1 N–H and O–H groups in total. The van der Waals surface area contributed by atoms with Gasteiger partial charge in [0.05, 0.1) is 5.56 Å². The van der Waals surface area contributed by atoms with Gasteiger partial charge in [0.1, 0.15) is 17.2 Å². The Morgan fingerprint density at radius 3 is 2.26 bits per heavy atom. The number of benzene rings is 2. The summed E-state index contributed by atoms with van der Waals surface area (Å²) in [6.45, 7) is 3.25. The molecule has 1 aliphatic heterocycles. The van der Waals surface area contributed by atoms with Gasteiger partial charge in [-0.25, -0.2) is 0 Å². The highest BCUT2D eigenvalue weighted by Crippen LogP contribution is 2.54. The van der Waals surface area contributed by atoms with Crippen LogP contribution in [-0.4, -0.2) is 40.8 Å². The Balaban J connectivity index is 1.12. The van der Waals surface area contributed by atoms with Crippen LogP contribution in [0.2, 0.25) is 0 Å². The summed E-state index contributed by atoms with van der Waals surface area (Å²) in [7, 11) is 0. The van der Waals surface area contributed by atoms with E-state index in [4.69, 9.17) is 4.74 Å². The monoisotopic (exact) mass is 523 g/mol. The molecule has 1 aliphatic carbocycles. The minimum atomic E-state index is -4.40. The molecule has 38 heavy (non-hydrogen) atoms. The van der Waals surface area contributed by atoms with E-state index >= 15 is 0 Å². The molecule has 2 aliphatic rings. The van der Waals surface area contributed by atoms with Crippen LogP contribution in [-0.2, 0) is 12.6 Å². The van der Waals surface area contributed by atoms with Crippen LogP contribution in [0.1, 0.15) is 58.2 Å². The van der Waals surface area contributed by atoms with Gasteiger partial charge >= 0.3 is 6.18 Å². The topological polar surface area (TPSA) is 71.5 Å². The number of piperidine rings is 1. The third kappa shape index (κ3) is 5.51. The quantitative estimate of drug-likeness (QED) is 0.438. The Hall–Kier alpha value is -3.88. The second-order valence-corrected chi connectivity index (χ2v) is 9.94. The van der Waals surface area contributed by atoms with E-state index in [9.17, 15) is 22.8 Å². The normalized spacial score (nSPS) is 18.2. The summed E-state index contributed by atoms with van der Waals surface area (Å²) in [5, 5.41) is 3.12.